The molecule has 0 atom stereocenters. The van der Waals surface area contributed by atoms with E-state index < -0.39 is 11.7 Å². The molecule has 94 valence electrons. The molecule has 1 aromatic rings. The molecule has 0 saturated carbocycles. The lowest BCUT2D eigenvalue weighted by Gasteiger charge is -2.12. The number of halogens is 4. The SMILES string of the molecule is CSc1ccc(CC(=O)CBr)cc1C(F)(F)F. The maximum absolute atomic E-state index is 12.7. The maximum Gasteiger partial charge on any atom is 0.417 e. The van der Waals surface area contributed by atoms with Gasteiger partial charge in [0, 0.05) is 11.3 Å². The molecule has 0 aliphatic heterocycles. The number of ketones is 1. The Morgan fingerprint density at radius 1 is 1.41 bits per heavy atom. The summed E-state index contributed by atoms with van der Waals surface area (Å²) in [6.45, 7) is 0. The van der Waals surface area contributed by atoms with E-state index in [4.69, 9.17) is 0 Å². The van der Waals surface area contributed by atoms with Gasteiger partial charge in [-0.25, -0.2) is 0 Å². The van der Waals surface area contributed by atoms with Crippen LogP contribution in [0.5, 0.6) is 0 Å². The van der Waals surface area contributed by atoms with Gasteiger partial charge in [-0.2, -0.15) is 13.2 Å². The van der Waals surface area contributed by atoms with Crippen LogP contribution in [0.3, 0.4) is 0 Å². The zero-order chi connectivity index (χ0) is 13.1. The van der Waals surface area contributed by atoms with E-state index in [1.807, 2.05) is 0 Å². The van der Waals surface area contributed by atoms with E-state index in [0.717, 1.165) is 17.8 Å². The van der Waals surface area contributed by atoms with Crippen LogP contribution >= 0.6 is 27.7 Å². The highest BCUT2D eigenvalue weighted by Gasteiger charge is 2.33. The molecule has 0 spiro atoms. The number of carbonyl (C=O) groups is 1. The Hall–Kier alpha value is -0.490. The highest BCUT2D eigenvalue weighted by molar-refractivity contribution is 9.09. The molecule has 17 heavy (non-hydrogen) atoms. The lowest BCUT2D eigenvalue weighted by atomic mass is 10.1. The Labute approximate surface area is 110 Å². The minimum atomic E-state index is -4.38. The average Bonchev–Trinajstić information content (AvgIpc) is 2.27. The third kappa shape index (κ3) is 4.03. The number of benzene rings is 1. The van der Waals surface area contributed by atoms with Gasteiger partial charge in [-0.05, 0) is 24.0 Å². The first-order valence-electron chi connectivity index (χ1n) is 4.70. The van der Waals surface area contributed by atoms with Gasteiger partial charge >= 0.3 is 6.18 Å². The smallest absolute Gasteiger partial charge is 0.298 e. The van der Waals surface area contributed by atoms with Crippen LogP contribution in [0.1, 0.15) is 11.1 Å². The second kappa shape index (κ2) is 5.91. The summed E-state index contributed by atoms with van der Waals surface area (Å²) >= 11 is 4.02. The molecule has 1 aromatic carbocycles. The fourth-order valence-electron chi connectivity index (χ4n) is 1.36. The van der Waals surface area contributed by atoms with E-state index in [1.54, 1.807) is 12.3 Å². The fraction of sp³-hybridized carbons (Fsp3) is 0.364. The van der Waals surface area contributed by atoms with Crippen LogP contribution in [0.4, 0.5) is 13.2 Å². The topological polar surface area (TPSA) is 17.1 Å². The van der Waals surface area contributed by atoms with E-state index in [9.17, 15) is 18.0 Å². The molecule has 1 nitrogen and oxygen atoms in total. The van der Waals surface area contributed by atoms with Gasteiger partial charge in [0.2, 0.25) is 0 Å². The van der Waals surface area contributed by atoms with Gasteiger partial charge < -0.3 is 0 Å². The summed E-state index contributed by atoms with van der Waals surface area (Å²) in [5.41, 5.74) is -0.288. The molecule has 1 rings (SSSR count). The van der Waals surface area contributed by atoms with E-state index >= 15 is 0 Å². The predicted octanol–water partition coefficient (Wildman–Crippen LogP) is 3.93. The average molecular weight is 327 g/mol. The molecule has 0 unspecified atom stereocenters. The van der Waals surface area contributed by atoms with Gasteiger partial charge in [-0.3, -0.25) is 4.79 Å². The summed E-state index contributed by atoms with van der Waals surface area (Å²) in [5, 5.41) is 0.151. The first-order chi connectivity index (χ1) is 7.88. The number of carbonyl (C=O) groups excluding carboxylic acids is 1. The minimum Gasteiger partial charge on any atom is -0.298 e. The zero-order valence-corrected chi connectivity index (χ0v) is 11.4. The first kappa shape index (κ1) is 14.6. The van der Waals surface area contributed by atoms with Gasteiger partial charge in [-0.1, -0.05) is 22.0 Å². The quantitative estimate of drug-likeness (QED) is 0.616. The number of thioether (sulfide) groups is 1. The van der Waals surface area contributed by atoms with Crippen LogP contribution in [0, 0.1) is 0 Å². The van der Waals surface area contributed by atoms with Crippen LogP contribution in [0.25, 0.3) is 0 Å². The van der Waals surface area contributed by atoms with Gasteiger partial charge in [0.1, 0.15) is 5.78 Å². The molecule has 0 bridgehead atoms. The molecular weight excluding hydrogens is 317 g/mol. The summed E-state index contributed by atoms with van der Waals surface area (Å²) in [5.74, 6) is -0.143. The molecule has 0 radical (unpaired) electrons. The normalized spacial score (nSPS) is 11.6. The maximum atomic E-state index is 12.7. The van der Waals surface area contributed by atoms with Crippen molar-refractivity contribution in [2.45, 2.75) is 17.5 Å². The minimum absolute atomic E-state index is 0.0169. The van der Waals surface area contributed by atoms with E-state index in [-0.39, 0.29) is 22.4 Å². The molecule has 0 N–H and O–H groups in total. The van der Waals surface area contributed by atoms with Gasteiger partial charge in [0.05, 0.1) is 10.9 Å². The van der Waals surface area contributed by atoms with Crippen LogP contribution in [0.15, 0.2) is 23.1 Å². The van der Waals surface area contributed by atoms with Crippen molar-refractivity contribution in [1.29, 1.82) is 0 Å². The molecule has 0 heterocycles. The highest BCUT2D eigenvalue weighted by atomic mass is 79.9. The largest absolute Gasteiger partial charge is 0.417 e. The van der Waals surface area contributed by atoms with Crippen LogP contribution in [0.2, 0.25) is 0 Å². The Morgan fingerprint density at radius 2 is 2.06 bits per heavy atom. The summed E-state index contributed by atoms with van der Waals surface area (Å²) in [6.07, 6.45) is -2.78. The first-order valence-corrected chi connectivity index (χ1v) is 7.05. The molecule has 0 aliphatic carbocycles. The standard InChI is InChI=1S/C11H10BrF3OS/c1-17-10-3-2-7(4-8(16)6-12)5-9(10)11(13,14)15/h2-3,5H,4,6H2,1H3. The van der Waals surface area contributed by atoms with Gasteiger partial charge in [0.25, 0.3) is 0 Å². The number of hydrogen-bond acceptors (Lipinski definition) is 2. The third-order valence-electron chi connectivity index (χ3n) is 2.12. The van der Waals surface area contributed by atoms with Crippen molar-refractivity contribution in [3.63, 3.8) is 0 Å². The van der Waals surface area contributed by atoms with Crippen molar-refractivity contribution < 1.29 is 18.0 Å². The van der Waals surface area contributed by atoms with Crippen LogP contribution in [-0.4, -0.2) is 17.4 Å². The third-order valence-corrected chi connectivity index (χ3v) is 3.54. The Morgan fingerprint density at radius 3 is 2.53 bits per heavy atom. The predicted molar refractivity (Wildman–Crippen MR) is 65.7 cm³/mol. The monoisotopic (exact) mass is 326 g/mol. The number of hydrogen-bond donors (Lipinski definition) is 0. The van der Waals surface area contributed by atoms with E-state index in [0.29, 0.717) is 5.56 Å². The van der Waals surface area contributed by atoms with E-state index in [1.165, 1.54) is 6.07 Å². The number of rotatable bonds is 4. The zero-order valence-electron chi connectivity index (χ0n) is 8.97. The lowest BCUT2D eigenvalue weighted by Crippen LogP contribution is -2.09. The van der Waals surface area contributed by atoms with Crippen molar-refractivity contribution in [2.24, 2.45) is 0 Å². The molecule has 0 aromatic heterocycles. The number of alkyl halides is 4. The van der Waals surface area contributed by atoms with Crippen LogP contribution in [-0.2, 0) is 17.4 Å². The summed E-state index contributed by atoms with van der Waals surface area (Å²) in [4.78, 5) is 11.3. The van der Waals surface area contributed by atoms with Crippen molar-refractivity contribution in [3.05, 3.63) is 29.3 Å². The molecule has 0 fully saturated rings. The Bertz CT molecular complexity index is 418. The molecule has 6 heteroatoms. The fourth-order valence-corrected chi connectivity index (χ4v) is 2.16. The van der Waals surface area contributed by atoms with Crippen molar-refractivity contribution >= 4 is 33.5 Å². The second-order valence-corrected chi connectivity index (χ2v) is 4.79. The Kier molecular flexibility index (Phi) is 5.06. The van der Waals surface area contributed by atoms with Gasteiger partial charge in [0.15, 0.2) is 0 Å². The van der Waals surface area contributed by atoms with Crippen LogP contribution < -0.4 is 0 Å². The molecule has 0 amide bonds. The molecule has 0 saturated heterocycles. The lowest BCUT2D eigenvalue weighted by molar-refractivity contribution is -0.139. The summed E-state index contributed by atoms with van der Waals surface area (Å²) in [6, 6.07) is 4.01. The van der Waals surface area contributed by atoms with Gasteiger partial charge in [-0.15, -0.1) is 11.8 Å². The summed E-state index contributed by atoms with van der Waals surface area (Å²) in [7, 11) is 0. The highest BCUT2D eigenvalue weighted by Crippen LogP contribution is 2.36. The van der Waals surface area contributed by atoms with Crippen molar-refractivity contribution in [1.82, 2.24) is 0 Å². The molecule has 0 aliphatic rings. The summed E-state index contributed by atoms with van der Waals surface area (Å²) < 4.78 is 38.2. The van der Waals surface area contributed by atoms with Crippen molar-refractivity contribution in [3.8, 4) is 0 Å². The molecular formula is C11H10BrF3OS. The van der Waals surface area contributed by atoms with Crippen molar-refractivity contribution in [2.75, 3.05) is 11.6 Å². The number of Topliss-reactive ketones (excluding diaryl/α,β-unsaturated/α-hetero) is 1. The second-order valence-electron chi connectivity index (χ2n) is 3.38. The Balaban J connectivity index is 3.09. The van der Waals surface area contributed by atoms with E-state index in [2.05, 4.69) is 15.9 Å².